The molecule has 0 amide bonds. The third-order valence-electron chi connectivity index (χ3n) is 3.31. The largest absolute Gasteiger partial charge is 0.360 e. The molecule has 3 rings (SSSR count). The van der Waals surface area contributed by atoms with Crippen LogP contribution in [0.15, 0.2) is 28.1 Å². The Kier molecular flexibility index (Phi) is 3.84. The van der Waals surface area contributed by atoms with Crippen LogP contribution in [0.3, 0.4) is 0 Å². The summed E-state index contributed by atoms with van der Waals surface area (Å²) in [5.74, 6) is 1.77. The van der Waals surface area contributed by atoms with Gasteiger partial charge < -0.3 is 4.52 Å². The van der Waals surface area contributed by atoms with Crippen LogP contribution in [0.2, 0.25) is 0 Å². The molecule has 3 aromatic rings. The summed E-state index contributed by atoms with van der Waals surface area (Å²) in [6.45, 7) is 5.69. The number of rotatable bonds is 5. The van der Waals surface area contributed by atoms with E-state index in [1.54, 1.807) is 0 Å². The first-order chi connectivity index (χ1) is 10.6. The molecule has 3 aromatic heterocycles. The molecule has 0 bridgehead atoms. The topological polar surface area (TPSA) is 89.6 Å². The molecule has 0 radical (unpaired) electrons. The van der Waals surface area contributed by atoms with Gasteiger partial charge in [-0.25, -0.2) is 4.98 Å². The van der Waals surface area contributed by atoms with Gasteiger partial charge in [0.05, 0.1) is 5.75 Å². The quantitative estimate of drug-likeness (QED) is 0.574. The monoisotopic (exact) mass is 317 g/mol. The summed E-state index contributed by atoms with van der Waals surface area (Å²) in [6.07, 6.45) is 1.42. The predicted octanol–water partition coefficient (Wildman–Crippen LogP) is 2.48. The van der Waals surface area contributed by atoms with Gasteiger partial charge >= 0.3 is 0 Å². The zero-order valence-electron chi connectivity index (χ0n) is 12.5. The maximum absolute atomic E-state index is 12.4. The Morgan fingerprint density at radius 3 is 2.82 bits per heavy atom. The van der Waals surface area contributed by atoms with Crippen LogP contribution in [0, 0.1) is 20.8 Å². The van der Waals surface area contributed by atoms with Gasteiger partial charge in [0.15, 0.2) is 16.8 Å². The molecular weight excluding hydrogens is 302 g/mol. The first-order valence-electron chi connectivity index (χ1n) is 6.70. The van der Waals surface area contributed by atoms with Crippen molar-refractivity contribution in [3.05, 3.63) is 41.2 Å². The number of aryl methyl sites for hydroxylation is 2. The Labute approximate surface area is 131 Å². The molecule has 0 saturated carbocycles. The van der Waals surface area contributed by atoms with Crippen LogP contribution in [-0.2, 0) is 0 Å². The molecule has 0 spiro atoms. The number of ketones is 1. The number of aromatic amines is 1. The van der Waals surface area contributed by atoms with E-state index in [0.717, 1.165) is 17.1 Å². The summed E-state index contributed by atoms with van der Waals surface area (Å²) in [5, 5.41) is 11.1. The molecule has 0 fully saturated rings. The smallest absolute Gasteiger partial charge is 0.183 e. The van der Waals surface area contributed by atoms with Crippen molar-refractivity contribution in [2.75, 3.05) is 5.75 Å². The number of Topliss-reactive ketones (excluding diaryl/α,β-unsaturated/α-hetero) is 1. The predicted molar refractivity (Wildman–Crippen MR) is 81.5 cm³/mol. The number of hydrogen-bond acceptors (Lipinski definition) is 6. The van der Waals surface area contributed by atoms with Crippen LogP contribution in [-0.4, -0.2) is 36.4 Å². The highest BCUT2D eigenvalue weighted by atomic mass is 32.2. The van der Waals surface area contributed by atoms with E-state index in [2.05, 4.69) is 20.3 Å². The lowest BCUT2D eigenvalue weighted by Crippen LogP contribution is -2.06. The van der Waals surface area contributed by atoms with Crippen molar-refractivity contribution in [1.82, 2.24) is 24.9 Å². The number of hydrogen-bond donors (Lipinski definition) is 1. The zero-order chi connectivity index (χ0) is 15.7. The number of carbonyl (C=O) groups is 1. The van der Waals surface area contributed by atoms with Gasteiger partial charge in [0, 0.05) is 23.0 Å². The molecule has 0 unspecified atom stereocenters. The second-order valence-corrected chi connectivity index (χ2v) is 5.88. The van der Waals surface area contributed by atoms with Gasteiger partial charge in [-0.2, -0.15) is 5.10 Å². The van der Waals surface area contributed by atoms with Crippen molar-refractivity contribution in [3.8, 4) is 5.82 Å². The Balaban J connectivity index is 1.84. The van der Waals surface area contributed by atoms with Gasteiger partial charge in [0.1, 0.15) is 12.1 Å². The fraction of sp³-hybridized carbons (Fsp3) is 0.286. The molecule has 3 heterocycles. The molecule has 0 saturated heterocycles. The van der Waals surface area contributed by atoms with E-state index >= 15 is 0 Å². The molecular formula is C14H15N5O2S. The number of nitrogens with zero attached hydrogens (tertiary/aromatic N) is 4. The summed E-state index contributed by atoms with van der Waals surface area (Å²) in [6, 6.07) is 3.72. The normalized spacial score (nSPS) is 11.0. The molecule has 8 heteroatoms. The minimum atomic E-state index is 0.0426. The number of nitrogens with one attached hydrogen (secondary N) is 1. The minimum absolute atomic E-state index is 0.0426. The third kappa shape index (κ3) is 2.69. The van der Waals surface area contributed by atoms with Crippen molar-refractivity contribution in [2.24, 2.45) is 0 Å². The first-order valence-corrected chi connectivity index (χ1v) is 7.69. The van der Waals surface area contributed by atoms with Crippen molar-refractivity contribution in [1.29, 1.82) is 0 Å². The molecule has 0 aliphatic rings. The van der Waals surface area contributed by atoms with Gasteiger partial charge in [-0.1, -0.05) is 16.9 Å². The fourth-order valence-corrected chi connectivity index (χ4v) is 2.99. The Bertz CT molecular complexity index is 803. The zero-order valence-corrected chi connectivity index (χ0v) is 13.3. The highest BCUT2D eigenvalue weighted by Gasteiger charge is 2.18. The summed E-state index contributed by atoms with van der Waals surface area (Å²) in [7, 11) is 0. The summed E-state index contributed by atoms with van der Waals surface area (Å²) >= 11 is 1.33. The molecule has 7 nitrogen and oxygen atoms in total. The van der Waals surface area contributed by atoms with Crippen LogP contribution in [0.1, 0.15) is 27.5 Å². The van der Waals surface area contributed by atoms with Gasteiger partial charge in [0.2, 0.25) is 0 Å². The number of thioether (sulfide) groups is 1. The standard InChI is InChI=1S/C14H15N5O2S/c1-8-4-11(12(20)6-22-14-15-7-16-17-14)10(3)19(8)13-5-9(2)21-18-13/h4-5,7H,6H2,1-3H3,(H,15,16,17). The van der Waals surface area contributed by atoms with E-state index in [1.807, 2.05) is 37.5 Å². The van der Waals surface area contributed by atoms with Crippen LogP contribution in [0.25, 0.3) is 5.82 Å². The van der Waals surface area contributed by atoms with E-state index in [-0.39, 0.29) is 5.78 Å². The third-order valence-corrected chi connectivity index (χ3v) is 4.19. The summed E-state index contributed by atoms with van der Waals surface area (Å²) in [5.41, 5.74) is 2.48. The molecule has 22 heavy (non-hydrogen) atoms. The second kappa shape index (κ2) is 5.80. The van der Waals surface area contributed by atoms with Crippen molar-refractivity contribution < 1.29 is 9.32 Å². The van der Waals surface area contributed by atoms with Crippen molar-refractivity contribution >= 4 is 17.5 Å². The van der Waals surface area contributed by atoms with E-state index in [0.29, 0.717) is 22.3 Å². The Hall–Kier alpha value is -2.35. The summed E-state index contributed by atoms with van der Waals surface area (Å²) < 4.78 is 7.04. The SMILES string of the molecule is Cc1cc(-n2c(C)cc(C(=O)CSc3ncn[nH]3)c2C)no1. The minimum Gasteiger partial charge on any atom is -0.360 e. The lowest BCUT2D eigenvalue weighted by atomic mass is 10.2. The first kappa shape index (κ1) is 14.6. The van der Waals surface area contributed by atoms with E-state index in [4.69, 9.17) is 4.52 Å². The van der Waals surface area contributed by atoms with Gasteiger partial charge in [-0.05, 0) is 26.8 Å². The van der Waals surface area contributed by atoms with Gasteiger partial charge in [-0.3, -0.25) is 14.5 Å². The highest BCUT2D eigenvalue weighted by molar-refractivity contribution is 7.99. The lowest BCUT2D eigenvalue weighted by Gasteiger charge is -2.04. The Morgan fingerprint density at radius 2 is 2.18 bits per heavy atom. The number of H-pyrrole nitrogens is 1. The summed E-state index contributed by atoms with van der Waals surface area (Å²) in [4.78, 5) is 16.4. The number of aromatic nitrogens is 5. The molecule has 1 N–H and O–H groups in total. The molecule has 114 valence electrons. The van der Waals surface area contributed by atoms with Gasteiger partial charge in [-0.15, -0.1) is 0 Å². The number of carbonyl (C=O) groups excluding carboxylic acids is 1. The van der Waals surface area contributed by atoms with Gasteiger partial charge in [0.25, 0.3) is 0 Å². The molecule has 0 aromatic carbocycles. The lowest BCUT2D eigenvalue weighted by molar-refractivity contribution is 0.102. The van der Waals surface area contributed by atoms with Crippen LogP contribution in [0.5, 0.6) is 0 Å². The molecule has 0 atom stereocenters. The van der Waals surface area contributed by atoms with E-state index < -0.39 is 0 Å². The average molecular weight is 317 g/mol. The fourth-order valence-electron chi connectivity index (χ4n) is 2.33. The van der Waals surface area contributed by atoms with Crippen LogP contribution >= 0.6 is 11.8 Å². The maximum Gasteiger partial charge on any atom is 0.183 e. The maximum atomic E-state index is 12.4. The van der Waals surface area contributed by atoms with E-state index in [9.17, 15) is 4.79 Å². The molecule has 0 aliphatic carbocycles. The molecule has 0 aliphatic heterocycles. The average Bonchev–Trinajstić information content (AvgIpc) is 3.18. The highest BCUT2D eigenvalue weighted by Crippen LogP contribution is 2.23. The van der Waals surface area contributed by atoms with Crippen molar-refractivity contribution in [3.63, 3.8) is 0 Å². The van der Waals surface area contributed by atoms with Crippen molar-refractivity contribution in [2.45, 2.75) is 25.9 Å². The Morgan fingerprint density at radius 1 is 1.36 bits per heavy atom. The van der Waals surface area contributed by atoms with Crippen LogP contribution in [0.4, 0.5) is 0 Å². The second-order valence-electron chi connectivity index (χ2n) is 4.92. The van der Waals surface area contributed by atoms with Crippen LogP contribution < -0.4 is 0 Å². The van der Waals surface area contributed by atoms with E-state index in [1.165, 1.54) is 18.1 Å².